The number of carbonyl (C=O) groups is 1. The van der Waals surface area contributed by atoms with Crippen molar-refractivity contribution in [1.29, 1.82) is 5.26 Å². The van der Waals surface area contributed by atoms with Gasteiger partial charge in [-0.15, -0.1) is 0 Å². The van der Waals surface area contributed by atoms with Gasteiger partial charge in [0.05, 0.1) is 18.7 Å². The molecule has 0 saturated carbocycles. The van der Waals surface area contributed by atoms with Gasteiger partial charge in [0.1, 0.15) is 0 Å². The van der Waals surface area contributed by atoms with Crippen molar-refractivity contribution in [2.45, 2.75) is 19.9 Å². The van der Waals surface area contributed by atoms with Crippen molar-refractivity contribution in [2.75, 3.05) is 38.0 Å². The molecule has 1 aromatic rings. The quantitative estimate of drug-likeness (QED) is 0.910. The highest BCUT2D eigenvalue weighted by atomic mass is 16.2. The zero-order valence-corrected chi connectivity index (χ0v) is 12.7. The highest BCUT2D eigenvalue weighted by Crippen LogP contribution is 2.10. The van der Waals surface area contributed by atoms with Crippen molar-refractivity contribution in [3.63, 3.8) is 0 Å². The summed E-state index contributed by atoms with van der Waals surface area (Å²) >= 11 is 0. The Kier molecular flexibility index (Phi) is 5.32. The fourth-order valence-electron chi connectivity index (χ4n) is 2.52. The molecule has 1 N–H and O–H groups in total. The summed E-state index contributed by atoms with van der Waals surface area (Å²) in [7, 11) is 0. The predicted molar refractivity (Wildman–Crippen MR) is 82.9 cm³/mol. The number of hydrogen-bond donors (Lipinski definition) is 1. The molecule has 0 aromatic heterocycles. The molecule has 5 heteroatoms. The van der Waals surface area contributed by atoms with E-state index in [0.29, 0.717) is 6.54 Å². The first-order valence-corrected chi connectivity index (χ1v) is 7.31. The molecular formula is C16H22N4O. The molecular weight excluding hydrogens is 264 g/mol. The molecule has 1 aromatic carbocycles. The molecule has 0 aliphatic carbocycles. The number of benzene rings is 1. The molecule has 1 saturated heterocycles. The summed E-state index contributed by atoms with van der Waals surface area (Å²) in [4.78, 5) is 16.3. The summed E-state index contributed by atoms with van der Waals surface area (Å²) in [6, 6.07) is 10.0. The van der Waals surface area contributed by atoms with E-state index in [4.69, 9.17) is 5.26 Å². The zero-order valence-electron chi connectivity index (χ0n) is 12.7. The molecule has 5 nitrogen and oxygen atoms in total. The molecule has 1 unspecified atom stereocenters. The van der Waals surface area contributed by atoms with E-state index < -0.39 is 0 Å². The van der Waals surface area contributed by atoms with Crippen LogP contribution >= 0.6 is 0 Å². The molecule has 0 radical (unpaired) electrons. The minimum Gasteiger partial charge on any atom is -0.325 e. The number of nitrogens with zero attached hydrogens (tertiary/aromatic N) is 3. The van der Waals surface area contributed by atoms with Crippen molar-refractivity contribution >= 4 is 11.6 Å². The first-order valence-electron chi connectivity index (χ1n) is 7.31. The third kappa shape index (κ3) is 4.55. The molecule has 1 aliphatic rings. The number of rotatable bonds is 4. The van der Waals surface area contributed by atoms with Crippen LogP contribution in [-0.4, -0.2) is 54.5 Å². The Bertz CT molecular complexity index is 529. The van der Waals surface area contributed by atoms with E-state index in [-0.39, 0.29) is 11.9 Å². The molecule has 2 rings (SSSR count). The lowest BCUT2D eigenvalue weighted by Gasteiger charge is -2.35. The molecule has 0 spiro atoms. The van der Waals surface area contributed by atoms with Gasteiger partial charge in [0, 0.05) is 31.9 Å². The van der Waals surface area contributed by atoms with Gasteiger partial charge in [0.15, 0.2) is 0 Å². The van der Waals surface area contributed by atoms with Crippen LogP contribution < -0.4 is 5.32 Å². The molecule has 21 heavy (non-hydrogen) atoms. The minimum absolute atomic E-state index is 0.0161. The summed E-state index contributed by atoms with van der Waals surface area (Å²) in [6.45, 7) is 7.66. The van der Waals surface area contributed by atoms with E-state index in [0.717, 1.165) is 37.4 Å². The molecule has 1 amide bonds. The normalized spacial score (nSPS) is 18.0. The topological polar surface area (TPSA) is 59.4 Å². The summed E-state index contributed by atoms with van der Waals surface area (Å²) in [6.07, 6.45) is 0. The maximum absolute atomic E-state index is 12.0. The first-order chi connectivity index (χ1) is 10.1. The standard InChI is InChI=1S/C16H22N4O/c1-13-4-3-5-15(10-13)18-16(21)12-19-6-8-20(9-7-19)14(2)11-17/h3-5,10,14H,6-9,12H2,1-2H3,(H,18,21). The van der Waals surface area contributed by atoms with E-state index in [9.17, 15) is 4.79 Å². The van der Waals surface area contributed by atoms with Crippen molar-refractivity contribution in [2.24, 2.45) is 0 Å². The highest BCUT2D eigenvalue weighted by Gasteiger charge is 2.21. The fourth-order valence-corrected chi connectivity index (χ4v) is 2.52. The van der Waals surface area contributed by atoms with Gasteiger partial charge in [-0.3, -0.25) is 14.6 Å². The van der Waals surface area contributed by atoms with E-state index in [1.54, 1.807) is 0 Å². The van der Waals surface area contributed by atoms with Gasteiger partial charge >= 0.3 is 0 Å². The Balaban J connectivity index is 1.78. The average Bonchev–Trinajstić information content (AvgIpc) is 2.47. The third-order valence-corrected chi connectivity index (χ3v) is 3.81. The van der Waals surface area contributed by atoms with E-state index in [2.05, 4.69) is 21.2 Å². The van der Waals surface area contributed by atoms with E-state index >= 15 is 0 Å². The van der Waals surface area contributed by atoms with E-state index in [1.165, 1.54) is 0 Å². The van der Waals surface area contributed by atoms with Crippen LogP contribution in [0.2, 0.25) is 0 Å². The Morgan fingerprint density at radius 1 is 1.38 bits per heavy atom. The predicted octanol–water partition coefficient (Wildman–Crippen LogP) is 1.46. The van der Waals surface area contributed by atoms with Gasteiger partial charge in [0.25, 0.3) is 0 Å². The van der Waals surface area contributed by atoms with Gasteiger partial charge in [0.2, 0.25) is 5.91 Å². The Morgan fingerprint density at radius 3 is 2.71 bits per heavy atom. The Morgan fingerprint density at radius 2 is 2.10 bits per heavy atom. The van der Waals surface area contributed by atoms with Crippen LogP contribution in [0.1, 0.15) is 12.5 Å². The summed E-state index contributed by atoms with van der Waals surface area (Å²) in [5, 5.41) is 11.8. The van der Waals surface area contributed by atoms with Crippen molar-refractivity contribution < 1.29 is 4.79 Å². The van der Waals surface area contributed by atoms with Crippen LogP contribution in [0.5, 0.6) is 0 Å². The minimum atomic E-state index is -0.0479. The van der Waals surface area contributed by atoms with Gasteiger partial charge < -0.3 is 5.32 Å². The summed E-state index contributed by atoms with van der Waals surface area (Å²) in [5.74, 6) is 0.0161. The van der Waals surface area contributed by atoms with E-state index in [1.807, 2.05) is 38.1 Å². The van der Waals surface area contributed by atoms with Crippen LogP contribution in [0, 0.1) is 18.3 Å². The molecule has 1 heterocycles. The molecule has 112 valence electrons. The lowest BCUT2D eigenvalue weighted by Crippen LogP contribution is -2.50. The fraction of sp³-hybridized carbons (Fsp3) is 0.500. The lowest BCUT2D eigenvalue weighted by molar-refractivity contribution is -0.117. The molecule has 1 aliphatic heterocycles. The van der Waals surface area contributed by atoms with Gasteiger partial charge in [-0.2, -0.15) is 5.26 Å². The van der Waals surface area contributed by atoms with Crippen molar-refractivity contribution in [3.05, 3.63) is 29.8 Å². The lowest BCUT2D eigenvalue weighted by atomic mass is 10.2. The van der Waals surface area contributed by atoms with Crippen LogP contribution in [-0.2, 0) is 4.79 Å². The second kappa shape index (κ2) is 7.21. The zero-order chi connectivity index (χ0) is 15.2. The number of carbonyl (C=O) groups excluding carboxylic acids is 1. The van der Waals surface area contributed by atoms with Crippen LogP contribution in [0.3, 0.4) is 0 Å². The van der Waals surface area contributed by atoms with Gasteiger partial charge in [-0.1, -0.05) is 12.1 Å². The molecule has 1 atom stereocenters. The number of nitriles is 1. The molecule has 1 fully saturated rings. The maximum atomic E-state index is 12.0. The number of amides is 1. The van der Waals surface area contributed by atoms with Gasteiger partial charge in [-0.25, -0.2) is 0 Å². The number of piperazine rings is 1. The van der Waals surface area contributed by atoms with Crippen LogP contribution in [0.15, 0.2) is 24.3 Å². The van der Waals surface area contributed by atoms with Crippen molar-refractivity contribution in [3.8, 4) is 6.07 Å². The summed E-state index contributed by atoms with van der Waals surface area (Å²) < 4.78 is 0. The number of nitrogens with one attached hydrogen (secondary N) is 1. The highest BCUT2D eigenvalue weighted by molar-refractivity contribution is 5.92. The SMILES string of the molecule is Cc1cccc(NC(=O)CN2CCN(C(C)C#N)CC2)c1. The Hall–Kier alpha value is -1.90. The number of hydrogen-bond acceptors (Lipinski definition) is 4. The number of aryl methyl sites for hydroxylation is 1. The number of anilines is 1. The largest absolute Gasteiger partial charge is 0.325 e. The second-order valence-electron chi connectivity index (χ2n) is 5.53. The van der Waals surface area contributed by atoms with Crippen LogP contribution in [0.25, 0.3) is 0 Å². The third-order valence-electron chi connectivity index (χ3n) is 3.81. The van der Waals surface area contributed by atoms with Crippen molar-refractivity contribution in [1.82, 2.24) is 9.80 Å². The first kappa shape index (κ1) is 15.5. The summed E-state index contributed by atoms with van der Waals surface area (Å²) in [5.41, 5.74) is 1.98. The molecule has 0 bridgehead atoms. The Labute approximate surface area is 126 Å². The monoisotopic (exact) mass is 286 g/mol. The second-order valence-corrected chi connectivity index (χ2v) is 5.53. The maximum Gasteiger partial charge on any atom is 0.238 e. The van der Waals surface area contributed by atoms with Crippen LogP contribution in [0.4, 0.5) is 5.69 Å². The van der Waals surface area contributed by atoms with Gasteiger partial charge in [-0.05, 0) is 31.5 Å². The smallest absolute Gasteiger partial charge is 0.238 e. The average molecular weight is 286 g/mol.